The van der Waals surface area contributed by atoms with Gasteiger partial charge in [-0.05, 0) is 42.8 Å². The number of amides is 1. The summed E-state index contributed by atoms with van der Waals surface area (Å²) in [5, 5.41) is 10.6. The fraction of sp³-hybridized carbons (Fsp3) is 0.343. The SMILES string of the molecule is C[C@@H]1N(c2cc(-c3cccc(C(N)=O)c3)cnc2O[C@H]2C[C@@H](C(=O)O)N(c3nc(C(F)(F)F)nc4c3oc3ccccc34)C2)CCOC12COC2. The van der Waals surface area contributed by atoms with Crippen LogP contribution in [0, 0.1) is 0 Å². The van der Waals surface area contributed by atoms with E-state index in [0.29, 0.717) is 54.1 Å². The van der Waals surface area contributed by atoms with Gasteiger partial charge in [0.15, 0.2) is 11.4 Å². The van der Waals surface area contributed by atoms with E-state index >= 15 is 0 Å². The maximum absolute atomic E-state index is 14.1. The predicted octanol–water partition coefficient (Wildman–Crippen LogP) is 4.66. The number of carbonyl (C=O) groups excluding carboxylic acids is 1. The van der Waals surface area contributed by atoms with Crippen molar-refractivity contribution in [3.8, 4) is 17.0 Å². The summed E-state index contributed by atoms with van der Waals surface area (Å²) in [6.07, 6.45) is -4.26. The van der Waals surface area contributed by atoms with Crippen LogP contribution >= 0.6 is 0 Å². The molecular weight excluding hydrogens is 673 g/mol. The van der Waals surface area contributed by atoms with E-state index in [4.69, 9.17) is 24.4 Å². The van der Waals surface area contributed by atoms with Crippen LogP contribution < -0.4 is 20.3 Å². The molecule has 3 atom stereocenters. The van der Waals surface area contributed by atoms with Crippen LogP contribution in [0.25, 0.3) is 33.2 Å². The van der Waals surface area contributed by atoms with Crippen molar-refractivity contribution >= 4 is 45.5 Å². The van der Waals surface area contributed by atoms with E-state index in [1.807, 2.05) is 19.1 Å². The molecule has 6 heterocycles. The van der Waals surface area contributed by atoms with Crippen molar-refractivity contribution in [2.45, 2.75) is 43.3 Å². The second-order valence-electron chi connectivity index (χ2n) is 12.9. The van der Waals surface area contributed by atoms with Crippen LogP contribution in [0.3, 0.4) is 0 Å². The van der Waals surface area contributed by atoms with Crippen molar-refractivity contribution in [3.05, 3.63) is 72.2 Å². The number of para-hydroxylation sites is 1. The van der Waals surface area contributed by atoms with Gasteiger partial charge in [0.2, 0.25) is 17.6 Å². The molecule has 0 unspecified atom stereocenters. The van der Waals surface area contributed by atoms with Crippen molar-refractivity contribution < 1.29 is 46.5 Å². The van der Waals surface area contributed by atoms with Gasteiger partial charge in [-0.1, -0.05) is 24.3 Å². The second-order valence-corrected chi connectivity index (χ2v) is 12.9. The average Bonchev–Trinajstić information content (AvgIpc) is 3.69. The molecule has 3 N–H and O–H groups in total. The molecule has 3 aliphatic rings. The van der Waals surface area contributed by atoms with Gasteiger partial charge in [-0.2, -0.15) is 13.2 Å². The number of carboxylic acids is 1. The number of fused-ring (bicyclic) bond motifs is 3. The summed E-state index contributed by atoms with van der Waals surface area (Å²) < 4.78 is 66.3. The van der Waals surface area contributed by atoms with Gasteiger partial charge in [0, 0.05) is 35.7 Å². The third-order valence-electron chi connectivity index (χ3n) is 9.82. The zero-order valence-electron chi connectivity index (χ0n) is 27.1. The van der Waals surface area contributed by atoms with E-state index in [1.54, 1.807) is 48.7 Å². The molecule has 5 aromatic rings. The Morgan fingerprint density at radius 3 is 2.59 bits per heavy atom. The number of aliphatic carboxylic acids is 1. The number of furan rings is 1. The van der Waals surface area contributed by atoms with Crippen LogP contribution in [0.5, 0.6) is 5.88 Å². The first kappa shape index (κ1) is 32.7. The van der Waals surface area contributed by atoms with Crippen LogP contribution in [-0.4, -0.2) is 88.6 Å². The molecule has 0 saturated carbocycles. The summed E-state index contributed by atoms with van der Waals surface area (Å²) in [4.78, 5) is 40.2. The molecule has 3 saturated heterocycles. The molecule has 2 aromatic carbocycles. The largest absolute Gasteiger partial charge is 0.480 e. The fourth-order valence-electron chi connectivity index (χ4n) is 7.06. The molecule has 264 valence electrons. The quantitative estimate of drug-likeness (QED) is 0.241. The monoisotopic (exact) mass is 704 g/mol. The molecule has 0 radical (unpaired) electrons. The summed E-state index contributed by atoms with van der Waals surface area (Å²) in [6, 6.07) is 13.7. The number of pyridine rings is 1. The Kier molecular flexibility index (Phi) is 7.75. The smallest absolute Gasteiger partial charge is 0.451 e. The number of nitrogens with zero attached hydrogens (tertiary/aromatic N) is 5. The number of primary amides is 1. The minimum atomic E-state index is -4.91. The Labute approximate surface area is 287 Å². The average molecular weight is 705 g/mol. The highest BCUT2D eigenvalue weighted by molar-refractivity contribution is 6.06. The lowest BCUT2D eigenvalue weighted by Crippen LogP contribution is -2.68. The highest BCUT2D eigenvalue weighted by Gasteiger charge is 2.50. The van der Waals surface area contributed by atoms with Crippen molar-refractivity contribution in [1.29, 1.82) is 0 Å². The molecule has 3 aliphatic heterocycles. The Morgan fingerprint density at radius 2 is 1.86 bits per heavy atom. The number of alkyl halides is 3. The summed E-state index contributed by atoms with van der Waals surface area (Å²) >= 11 is 0. The van der Waals surface area contributed by atoms with Gasteiger partial charge >= 0.3 is 12.1 Å². The summed E-state index contributed by atoms with van der Waals surface area (Å²) in [5.74, 6) is -3.38. The molecule has 1 spiro atoms. The highest BCUT2D eigenvalue weighted by Crippen LogP contribution is 2.42. The number of hydrogen-bond donors (Lipinski definition) is 2. The third-order valence-corrected chi connectivity index (χ3v) is 9.82. The van der Waals surface area contributed by atoms with Gasteiger partial charge < -0.3 is 39.3 Å². The van der Waals surface area contributed by atoms with E-state index in [0.717, 1.165) is 0 Å². The molecule has 8 rings (SSSR count). The van der Waals surface area contributed by atoms with E-state index in [2.05, 4.69) is 19.9 Å². The van der Waals surface area contributed by atoms with Gasteiger partial charge in [0.05, 0.1) is 32.4 Å². The first-order valence-corrected chi connectivity index (χ1v) is 16.2. The Morgan fingerprint density at radius 1 is 1.06 bits per heavy atom. The number of ether oxygens (including phenoxy) is 3. The molecule has 3 aromatic heterocycles. The number of benzene rings is 2. The fourth-order valence-corrected chi connectivity index (χ4v) is 7.06. The van der Waals surface area contributed by atoms with E-state index in [9.17, 15) is 27.9 Å². The van der Waals surface area contributed by atoms with Gasteiger partial charge in [-0.25, -0.2) is 19.7 Å². The molecule has 51 heavy (non-hydrogen) atoms. The van der Waals surface area contributed by atoms with Crippen LogP contribution in [0.4, 0.5) is 24.7 Å². The van der Waals surface area contributed by atoms with Gasteiger partial charge in [-0.15, -0.1) is 0 Å². The van der Waals surface area contributed by atoms with Crippen LogP contribution in [0.1, 0.15) is 29.5 Å². The number of aromatic nitrogens is 3. The number of carbonyl (C=O) groups is 2. The normalized spacial score (nSPS) is 21.7. The van der Waals surface area contributed by atoms with Crippen LogP contribution in [0.15, 0.2) is 65.2 Å². The predicted molar refractivity (Wildman–Crippen MR) is 177 cm³/mol. The Hall–Kier alpha value is -5.48. The van der Waals surface area contributed by atoms with E-state index in [1.165, 1.54) is 4.90 Å². The molecule has 13 nitrogen and oxygen atoms in total. The second kappa shape index (κ2) is 12.1. The van der Waals surface area contributed by atoms with Crippen molar-refractivity contribution in [2.75, 3.05) is 42.7 Å². The van der Waals surface area contributed by atoms with E-state index < -0.39 is 41.6 Å². The maximum Gasteiger partial charge on any atom is 0.451 e. The lowest BCUT2D eigenvalue weighted by atomic mass is 9.90. The van der Waals surface area contributed by atoms with Gasteiger partial charge in [0.25, 0.3) is 0 Å². The lowest BCUT2D eigenvalue weighted by molar-refractivity contribution is -0.228. The maximum atomic E-state index is 14.1. The first-order chi connectivity index (χ1) is 24.4. The third kappa shape index (κ3) is 5.63. The van der Waals surface area contributed by atoms with Gasteiger partial charge in [-0.3, -0.25) is 4.79 Å². The van der Waals surface area contributed by atoms with Crippen molar-refractivity contribution in [2.24, 2.45) is 5.73 Å². The number of halogens is 3. The summed E-state index contributed by atoms with van der Waals surface area (Å²) in [5.41, 5.74) is 7.40. The molecule has 0 bridgehead atoms. The molecular formula is C35H31F3N6O7. The highest BCUT2D eigenvalue weighted by atomic mass is 19.4. The minimum Gasteiger partial charge on any atom is -0.480 e. The first-order valence-electron chi connectivity index (χ1n) is 16.2. The van der Waals surface area contributed by atoms with Crippen molar-refractivity contribution in [3.63, 3.8) is 0 Å². The zero-order chi connectivity index (χ0) is 35.7. The topological polar surface area (TPSA) is 166 Å². The lowest BCUT2D eigenvalue weighted by Gasteiger charge is -2.53. The number of carboxylic acid groups (broad SMARTS) is 1. The number of morpholine rings is 1. The van der Waals surface area contributed by atoms with Gasteiger partial charge in [0.1, 0.15) is 34.5 Å². The van der Waals surface area contributed by atoms with E-state index in [-0.39, 0.29) is 47.4 Å². The minimum absolute atomic E-state index is 0.0624. The standard InChI is InChI=1S/C35H31F3N6O7/c1-18-34(16-48-17-34)49-10-9-43(18)24-12-21(19-5-4-6-20(11-19)29(39)45)14-40-31(24)50-22-13-25(32(46)47)44(15-22)30-28-27(41-33(42-30)35(36,37)38)23-7-2-3-8-26(23)51-28/h2-8,11-12,14,18,22,25H,9-10,13,15-17H2,1H3,(H2,39,45)(H,46,47)/t18-,22-,25-/m0/s1. The number of hydrogen-bond acceptors (Lipinski definition) is 11. The van der Waals surface area contributed by atoms with Crippen molar-refractivity contribution in [1.82, 2.24) is 15.0 Å². The molecule has 16 heteroatoms. The van der Waals surface area contributed by atoms with Crippen LogP contribution in [0.2, 0.25) is 0 Å². The molecule has 0 aliphatic carbocycles. The molecule has 3 fully saturated rings. The molecule has 1 amide bonds. The number of anilines is 2. The Balaban J connectivity index is 1.18. The summed E-state index contributed by atoms with van der Waals surface area (Å²) in [7, 11) is 0. The zero-order valence-corrected chi connectivity index (χ0v) is 27.1. The van der Waals surface area contributed by atoms with Crippen LogP contribution in [-0.2, 0) is 20.4 Å². The summed E-state index contributed by atoms with van der Waals surface area (Å²) in [6.45, 7) is 3.55. The Bertz CT molecular complexity index is 2190. The number of rotatable bonds is 7. The number of nitrogens with two attached hydrogens (primary N) is 1.